The van der Waals surface area contributed by atoms with E-state index < -0.39 is 14.9 Å². The van der Waals surface area contributed by atoms with E-state index in [2.05, 4.69) is 4.72 Å². The Balaban J connectivity index is 2.41. The zero-order valence-electron chi connectivity index (χ0n) is 10.5. The summed E-state index contributed by atoms with van der Waals surface area (Å²) < 4.78 is 26.8. The molecule has 9 heteroatoms. The molecule has 7 nitrogen and oxygen atoms in total. The van der Waals surface area contributed by atoms with E-state index >= 15 is 0 Å². The van der Waals surface area contributed by atoms with Gasteiger partial charge in [0.2, 0.25) is 0 Å². The summed E-state index contributed by atoms with van der Waals surface area (Å²) in [7, 11) is -3.99. The molecular weight excluding hydrogens is 318 g/mol. The molecular formula is C12H10ClN3O4S. The molecule has 0 amide bonds. The van der Waals surface area contributed by atoms with E-state index in [-0.39, 0.29) is 27.0 Å². The Morgan fingerprint density at radius 1 is 1.19 bits per heavy atom. The number of hydrogen-bond acceptors (Lipinski definition) is 5. The normalized spacial score (nSPS) is 11.1. The van der Waals surface area contributed by atoms with Gasteiger partial charge in [-0.05, 0) is 18.2 Å². The number of nitrogens with two attached hydrogens (primary N) is 1. The predicted octanol–water partition coefficient (Wildman–Crippen LogP) is 2.63. The lowest BCUT2D eigenvalue weighted by atomic mass is 10.3. The number of halogens is 1. The van der Waals surface area contributed by atoms with Gasteiger partial charge in [0.1, 0.15) is 4.90 Å². The van der Waals surface area contributed by atoms with E-state index in [4.69, 9.17) is 17.3 Å². The first-order valence-corrected chi connectivity index (χ1v) is 7.48. The van der Waals surface area contributed by atoms with Crippen molar-refractivity contribution in [2.45, 2.75) is 4.90 Å². The Morgan fingerprint density at radius 2 is 1.86 bits per heavy atom. The van der Waals surface area contributed by atoms with Gasteiger partial charge < -0.3 is 5.73 Å². The zero-order chi connectivity index (χ0) is 15.6. The van der Waals surface area contributed by atoms with Crippen LogP contribution in [-0.2, 0) is 10.0 Å². The molecule has 2 aromatic carbocycles. The Labute approximate surface area is 125 Å². The summed E-state index contributed by atoms with van der Waals surface area (Å²) in [4.78, 5) is 9.69. The third kappa shape index (κ3) is 3.23. The van der Waals surface area contributed by atoms with Gasteiger partial charge in [-0.2, -0.15) is 0 Å². The summed E-state index contributed by atoms with van der Waals surface area (Å²) in [6, 6.07) is 9.42. The van der Waals surface area contributed by atoms with E-state index in [1.54, 1.807) is 12.1 Å². The van der Waals surface area contributed by atoms with Crippen LogP contribution in [0.2, 0.25) is 5.02 Å². The first-order valence-electron chi connectivity index (χ1n) is 5.62. The lowest BCUT2D eigenvalue weighted by Crippen LogP contribution is -2.14. The monoisotopic (exact) mass is 327 g/mol. The fourth-order valence-electron chi connectivity index (χ4n) is 1.61. The molecule has 0 spiro atoms. The lowest BCUT2D eigenvalue weighted by Gasteiger charge is -2.11. The van der Waals surface area contributed by atoms with Crippen LogP contribution < -0.4 is 10.5 Å². The second-order valence-electron chi connectivity index (χ2n) is 4.06. The molecule has 0 aliphatic carbocycles. The minimum absolute atomic E-state index is 0.201. The molecule has 0 saturated heterocycles. The second kappa shape index (κ2) is 5.58. The van der Waals surface area contributed by atoms with E-state index in [1.807, 2.05) is 0 Å². The standard InChI is InChI=1S/C12H10ClN3O4S/c13-9-7-8(16(17)18)5-6-12(9)21(19,20)15-11-4-2-1-3-10(11)14/h1-7,15H,14H2. The van der Waals surface area contributed by atoms with Crippen LogP contribution in [0.1, 0.15) is 0 Å². The molecule has 0 fully saturated rings. The summed E-state index contributed by atoms with van der Waals surface area (Å²) in [6.07, 6.45) is 0. The van der Waals surface area contributed by atoms with Crippen molar-refractivity contribution < 1.29 is 13.3 Å². The maximum Gasteiger partial charge on any atom is 0.271 e. The topological polar surface area (TPSA) is 115 Å². The van der Waals surface area contributed by atoms with Crippen molar-refractivity contribution in [2.75, 3.05) is 10.5 Å². The summed E-state index contributed by atoms with van der Waals surface area (Å²) in [5.41, 5.74) is 5.82. The van der Waals surface area contributed by atoms with E-state index in [0.29, 0.717) is 0 Å². The Hall–Kier alpha value is -2.32. The van der Waals surface area contributed by atoms with Crippen LogP contribution in [0, 0.1) is 10.1 Å². The maximum atomic E-state index is 12.2. The van der Waals surface area contributed by atoms with Crippen LogP contribution >= 0.6 is 11.6 Å². The molecule has 0 saturated carbocycles. The minimum atomic E-state index is -3.99. The van der Waals surface area contributed by atoms with Crippen molar-refractivity contribution in [1.29, 1.82) is 0 Å². The summed E-state index contributed by atoms with van der Waals surface area (Å²) in [5.74, 6) is 0. The van der Waals surface area contributed by atoms with Crippen molar-refractivity contribution in [3.05, 3.63) is 57.6 Å². The third-order valence-electron chi connectivity index (χ3n) is 2.62. The van der Waals surface area contributed by atoms with Gasteiger partial charge >= 0.3 is 0 Å². The molecule has 0 aliphatic rings. The largest absolute Gasteiger partial charge is 0.397 e. The molecule has 0 bridgehead atoms. The van der Waals surface area contributed by atoms with Crippen molar-refractivity contribution in [3.63, 3.8) is 0 Å². The van der Waals surface area contributed by atoms with Gasteiger partial charge in [0.05, 0.1) is 21.3 Å². The molecule has 0 aliphatic heterocycles. The molecule has 0 heterocycles. The van der Waals surface area contributed by atoms with Gasteiger partial charge in [0, 0.05) is 12.1 Å². The summed E-state index contributed by atoms with van der Waals surface area (Å²) in [5, 5.41) is 10.4. The van der Waals surface area contributed by atoms with Crippen molar-refractivity contribution in [2.24, 2.45) is 0 Å². The third-order valence-corrected chi connectivity index (χ3v) is 4.47. The average Bonchev–Trinajstić information content (AvgIpc) is 2.40. The SMILES string of the molecule is Nc1ccccc1NS(=O)(=O)c1ccc([N+](=O)[O-])cc1Cl. The summed E-state index contributed by atoms with van der Waals surface area (Å²) >= 11 is 5.81. The number of nitrogens with zero attached hydrogens (tertiary/aromatic N) is 1. The van der Waals surface area contributed by atoms with E-state index in [9.17, 15) is 18.5 Å². The van der Waals surface area contributed by atoms with E-state index in [1.165, 1.54) is 12.1 Å². The van der Waals surface area contributed by atoms with E-state index in [0.717, 1.165) is 18.2 Å². The molecule has 2 rings (SSSR count). The average molecular weight is 328 g/mol. The minimum Gasteiger partial charge on any atom is -0.397 e. The van der Waals surface area contributed by atoms with Gasteiger partial charge in [-0.1, -0.05) is 23.7 Å². The first kappa shape index (κ1) is 15.1. The fourth-order valence-corrected chi connectivity index (χ4v) is 3.24. The van der Waals surface area contributed by atoms with Gasteiger partial charge in [-0.25, -0.2) is 8.42 Å². The number of nitrogens with one attached hydrogen (secondary N) is 1. The second-order valence-corrected chi connectivity index (χ2v) is 6.12. The highest BCUT2D eigenvalue weighted by Crippen LogP contribution is 2.28. The number of nitro groups is 1. The number of nitrogen functional groups attached to an aromatic ring is 1. The first-order chi connectivity index (χ1) is 9.81. The van der Waals surface area contributed by atoms with Crippen LogP contribution in [0.15, 0.2) is 47.4 Å². The molecule has 0 radical (unpaired) electrons. The molecule has 21 heavy (non-hydrogen) atoms. The number of nitro benzene ring substituents is 1. The fraction of sp³-hybridized carbons (Fsp3) is 0. The number of sulfonamides is 1. The number of non-ortho nitro benzene ring substituents is 1. The Kier molecular flexibility index (Phi) is 4.01. The number of rotatable bonds is 4. The van der Waals surface area contributed by atoms with Crippen molar-refractivity contribution >= 4 is 38.7 Å². The van der Waals surface area contributed by atoms with Crippen LogP contribution in [0.4, 0.5) is 17.1 Å². The highest BCUT2D eigenvalue weighted by Gasteiger charge is 2.21. The zero-order valence-corrected chi connectivity index (χ0v) is 12.1. The van der Waals surface area contributed by atoms with Crippen LogP contribution in [0.3, 0.4) is 0 Å². The molecule has 0 atom stereocenters. The number of anilines is 2. The Morgan fingerprint density at radius 3 is 2.43 bits per heavy atom. The maximum absolute atomic E-state index is 12.2. The highest BCUT2D eigenvalue weighted by atomic mass is 35.5. The molecule has 2 aromatic rings. The molecule has 3 N–H and O–H groups in total. The Bertz CT molecular complexity index is 808. The van der Waals surface area contributed by atoms with Gasteiger partial charge in [0.15, 0.2) is 0 Å². The van der Waals surface area contributed by atoms with Crippen LogP contribution in [-0.4, -0.2) is 13.3 Å². The molecule has 110 valence electrons. The van der Waals surface area contributed by atoms with Gasteiger partial charge in [-0.15, -0.1) is 0 Å². The van der Waals surface area contributed by atoms with Gasteiger partial charge in [0.25, 0.3) is 15.7 Å². The van der Waals surface area contributed by atoms with Gasteiger partial charge in [-0.3, -0.25) is 14.8 Å². The smallest absolute Gasteiger partial charge is 0.271 e. The van der Waals surface area contributed by atoms with Crippen LogP contribution in [0.25, 0.3) is 0 Å². The highest BCUT2D eigenvalue weighted by molar-refractivity contribution is 7.92. The quantitative estimate of drug-likeness (QED) is 0.508. The lowest BCUT2D eigenvalue weighted by molar-refractivity contribution is -0.384. The number of hydrogen-bond donors (Lipinski definition) is 2. The summed E-state index contributed by atoms with van der Waals surface area (Å²) in [6.45, 7) is 0. The number of benzene rings is 2. The van der Waals surface area contributed by atoms with Crippen molar-refractivity contribution in [3.8, 4) is 0 Å². The molecule has 0 aromatic heterocycles. The predicted molar refractivity (Wildman–Crippen MR) is 79.8 cm³/mol. The van der Waals surface area contributed by atoms with Crippen LogP contribution in [0.5, 0.6) is 0 Å². The molecule has 0 unspecified atom stereocenters. The van der Waals surface area contributed by atoms with Crippen molar-refractivity contribution in [1.82, 2.24) is 0 Å². The number of para-hydroxylation sites is 2.